The van der Waals surface area contributed by atoms with Crippen molar-refractivity contribution in [1.29, 1.82) is 0 Å². The fourth-order valence-corrected chi connectivity index (χ4v) is 3.66. The maximum atomic E-state index is 13.4. The molecular formula is C20H21N3O. The van der Waals surface area contributed by atoms with Crippen LogP contribution in [0.2, 0.25) is 0 Å². The number of nitrogens with zero attached hydrogens (tertiary/aromatic N) is 3. The highest BCUT2D eigenvalue weighted by Gasteiger charge is 2.33. The lowest BCUT2D eigenvalue weighted by Crippen LogP contribution is -2.37. The van der Waals surface area contributed by atoms with Crippen LogP contribution in [0.15, 0.2) is 42.6 Å². The number of rotatable bonds is 2. The Morgan fingerprint density at radius 3 is 2.88 bits per heavy atom. The predicted molar refractivity (Wildman–Crippen MR) is 95.7 cm³/mol. The number of carbonyl (C=O) groups excluding carboxylic acids is 1. The molecule has 0 spiro atoms. The maximum Gasteiger partial charge on any atom is 0.277 e. The van der Waals surface area contributed by atoms with Crippen molar-refractivity contribution in [1.82, 2.24) is 9.38 Å². The first-order chi connectivity index (χ1) is 11.6. The number of hydrogen-bond acceptors (Lipinski definition) is 2. The minimum Gasteiger partial charge on any atom is -0.304 e. The van der Waals surface area contributed by atoms with Gasteiger partial charge in [0.1, 0.15) is 11.3 Å². The normalized spacial score (nSPS) is 16.6. The number of imidazole rings is 1. The maximum absolute atomic E-state index is 13.4. The molecule has 3 heterocycles. The number of para-hydroxylation sites is 1. The highest BCUT2D eigenvalue weighted by atomic mass is 16.2. The fourth-order valence-electron chi connectivity index (χ4n) is 3.66. The molecule has 1 atom stereocenters. The number of fused-ring (bicyclic) bond motifs is 2. The Morgan fingerprint density at radius 1 is 1.29 bits per heavy atom. The van der Waals surface area contributed by atoms with Gasteiger partial charge in [0.15, 0.2) is 0 Å². The highest BCUT2D eigenvalue weighted by molar-refractivity contribution is 6.08. The largest absolute Gasteiger partial charge is 0.304 e. The summed E-state index contributed by atoms with van der Waals surface area (Å²) in [6.45, 7) is 6.20. The van der Waals surface area contributed by atoms with E-state index < -0.39 is 0 Å². The number of anilines is 1. The van der Waals surface area contributed by atoms with Gasteiger partial charge >= 0.3 is 0 Å². The molecule has 0 N–H and O–H groups in total. The first-order valence-electron chi connectivity index (χ1n) is 8.49. The van der Waals surface area contributed by atoms with Gasteiger partial charge in [-0.15, -0.1) is 0 Å². The van der Waals surface area contributed by atoms with Crippen LogP contribution in [0.1, 0.15) is 41.2 Å². The van der Waals surface area contributed by atoms with Crippen LogP contribution in [0.3, 0.4) is 0 Å². The molecule has 4 heteroatoms. The van der Waals surface area contributed by atoms with Crippen LogP contribution in [0.4, 0.5) is 5.69 Å². The first-order valence-corrected chi connectivity index (χ1v) is 8.49. The SMILES string of the molecule is CCc1nc2cc(C)ccn2c1C(=O)N1c2ccccc2CC1C. The van der Waals surface area contributed by atoms with E-state index in [4.69, 9.17) is 0 Å². The van der Waals surface area contributed by atoms with E-state index in [1.54, 1.807) is 0 Å². The Bertz CT molecular complexity index is 941. The van der Waals surface area contributed by atoms with Crippen LogP contribution in [0.25, 0.3) is 5.65 Å². The first kappa shape index (κ1) is 14.9. The Morgan fingerprint density at radius 2 is 2.08 bits per heavy atom. The number of carbonyl (C=O) groups is 1. The summed E-state index contributed by atoms with van der Waals surface area (Å²) in [4.78, 5) is 20.0. The summed E-state index contributed by atoms with van der Waals surface area (Å²) >= 11 is 0. The molecule has 0 saturated heterocycles. The van der Waals surface area contributed by atoms with Crippen LogP contribution >= 0.6 is 0 Å². The molecule has 1 aliphatic rings. The smallest absolute Gasteiger partial charge is 0.277 e. The molecule has 122 valence electrons. The van der Waals surface area contributed by atoms with Crippen LogP contribution in [0.5, 0.6) is 0 Å². The molecule has 2 aromatic heterocycles. The van der Waals surface area contributed by atoms with Crippen molar-refractivity contribution >= 4 is 17.2 Å². The van der Waals surface area contributed by atoms with Gasteiger partial charge in [0.25, 0.3) is 5.91 Å². The van der Waals surface area contributed by atoms with Crippen LogP contribution in [-0.4, -0.2) is 21.3 Å². The molecule has 1 aromatic carbocycles. The molecule has 1 amide bonds. The third-order valence-electron chi connectivity index (χ3n) is 4.82. The minimum atomic E-state index is 0.0423. The monoisotopic (exact) mass is 319 g/mol. The Balaban J connectivity index is 1.87. The van der Waals surface area contributed by atoms with Crippen molar-refractivity contribution in [3.63, 3.8) is 0 Å². The molecule has 0 aliphatic carbocycles. The van der Waals surface area contributed by atoms with Crippen molar-refractivity contribution in [3.05, 3.63) is 65.1 Å². The van der Waals surface area contributed by atoms with Crippen LogP contribution in [-0.2, 0) is 12.8 Å². The second-order valence-electron chi connectivity index (χ2n) is 6.55. The van der Waals surface area contributed by atoms with Gasteiger partial charge in [-0.3, -0.25) is 9.20 Å². The lowest BCUT2D eigenvalue weighted by Gasteiger charge is -2.23. The topological polar surface area (TPSA) is 37.6 Å². The zero-order chi connectivity index (χ0) is 16.8. The number of pyridine rings is 1. The van der Waals surface area contributed by atoms with Gasteiger partial charge in [0.05, 0.1) is 5.69 Å². The van der Waals surface area contributed by atoms with E-state index in [2.05, 4.69) is 18.0 Å². The highest BCUT2D eigenvalue weighted by Crippen LogP contribution is 2.33. The quantitative estimate of drug-likeness (QED) is 0.720. The van der Waals surface area contributed by atoms with Crippen molar-refractivity contribution in [2.24, 2.45) is 0 Å². The summed E-state index contributed by atoms with van der Waals surface area (Å²) in [6, 6.07) is 12.4. The van der Waals surface area contributed by atoms with E-state index in [1.165, 1.54) is 5.56 Å². The van der Waals surface area contributed by atoms with E-state index >= 15 is 0 Å². The zero-order valence-electron chi connectivity index (χ0n) is 14.3. The zero-order valence-corrected chi connectivity index (χ0v) is 14.3. The van der Waals surface area contributed by atoms with Crippen molar-refractivity contribution in [2.75, 3.05) is 4.90 Å². The molecule has 3 aromatic rings. The Kier molecular flexibility index (Phi) is 3.41. The number of aryl methyl sites for hydroxylation is 2. The van der Waals surface area contributed by atoms with Crippen LogP contribution < -0.4 is 4.90 Å². The van der Waals surface area contributed by atoms with Crippen LogP contribution in [0, 0.1) is 6.92 Å². The number of aromatic nitrogens is 2. The molecular weight excluding hydrogens is 298 g/mol. The second kappa shape index (κ2) is 5.48. The molecule has 0 bridgehead atoms. The average Bonchev–Trinajstić information content (AvgIpc) is 3.10. The predicted octanol–water partition coefficient (Wildman–Crippen LogP) is 3.80. The summed E-state index contributed by atoms with van der Waals surface area (Å²) < 4.78 is 1.93. The lowest BCUT2D eigenvalue weighted by molar-refractivity contribution is 0.0975. The molecule has 4 rings (SSSR count). The van der Waals surface area contributed by atoms with Gasteiger partial charge in [0, 0.05) is 17.9 Å². The molecule has 4 nitrogen and oxygen atoms in total. The van der Waals surface area contributed by atoms with Gasteiger partial charge in [-0.25, -0.2) is 4.98 Å². The third-order valence-corrected chi connectivity index (χ3v) is 4.82. The van der Waals surface area contributed by atoms with Crippen molar-refractivity contribution < 1.29 is 4.79 Å². The fraction of sp³-hybridized carbons (Fsp3) is 0.300. The number of hydrogen-bond donors (Lipinski definition) is 0. The van der Waals surface area contributed by atoms with Gasteiger partial charge in [-0.05, 0) is 56.0 Å². The standard InChI is InChI=1S/C20H21N3O/c1-4-16-19(22-10-9-13(2)11-18(22)21-16)20(24)23-14(3)12-15-7-5-6-8-17(15)23/h5-11,14H,4,12H2,1-3H3. The van der Waals surface area contributed by atoms with Gasteiger partial charge in [0.2, 0.25) is 0 Å². The number of benzene rings is 1. The summed E-state index contributed by atoms with van der Waals surface area (Å²) in [5, 5.41) is 0. The molecule has 0 radical (unpaired) electrons. The summed E-state index contributed by atoms with van der Waals surface area (Å²) in [5.41, 5.74) is 5.81. The van der Waals surface area contributed by atoms with Gasteiger partial charge in [-0.1, -0.05) is 25.1 Å². The Labute approximate surface area is 141 Å². The third kappa shape index (κ3) is 2.13. The van der Waals surface area contributed by atoms with E-state index in [1.807, 2.05) is 59.7 Å². The molecule has 0 saturated carbocycles. The summed E-state index contributed by atoms with van der Waals surface area (Å²) in [6.07, 6.45) is 3.60. The van der Waals surface area contributed by atoms with E-state index in [9.17, 15) is 4.79 Å². The molecule has 0 fully saturated rings. The minimum absolute atomic E-state index is 0.0423. The van der Waals surface area contributed by atoms with Gasteiger partial charge < -0.3 is 4.90 Å². The Hall–Kier alpha value is -2.62. The lowest BCUT2D eigenvalue weighted by atomic mass is 10.1. The van der Waals surface area contributed by atoms with Crippen molar-refractivity contribution in [2.45, 2.75) is 39.7 Å². The van der Waals surface area contributed by atoms with Crippen molar-refractivity contribution in [3.8, 4) is 0 Å². The van der Waals surface area contributed by atoms with Gasteiger partial charge in [-0.2, -0.15) is 0 Å². The van der Waals surface area contributed by atoms with E-state index in [-0.39, 0.29) is 11.9 Å². The molecule has 24 heavy (non-hydrogen) atoms. The molecule has 1 unspecified atom stereocenters. The molecule has 1 aliphatic heterocycles. The second-order valence-corrected chi connectivity index (χ2v) is 6.55. The van der Waals surface area contributed by atoms with E-state index in [0.29, 0.717) is 5.69 Å². The number of amides is 1. The average molecular weight is 319 g/mol. The van der Waals surface area contributed by atoms with E-state index in [0.717, 1.165) is 35.4 Å². The summed E-state index contributed by atoms with van der Waals surface area (Å²) in [5.74, 6) is 0.0423. The summed E-state index contributed by atoms with van der Waals surface area (Å²) in [7, 11) is 0.